The van der Waals surface area contributed by atoms with Gasteiger partial charge in [-0.25, -0.2) is 0 Å². The standard InChI is InChI=1S/C14H21N/c1-3-5-6-9-14-11-10-13(4-2)8-7-12-15-14/h3-4,10-11H,1,5-9,12H2,2H3/b11-10-,13-4+,15-14-. The maximum absolute atomic E-state index is 4.59. The van der Waals surface area contributed by atoms with Gasteiger partial charge in [-0.2, -0.15) is 0 Å². The first-order chi connectivity index (χ1) is 7.36. The van der Waals surface area contributed by atoms with Crippen molar-refractivity contribution in [1.29, 1.82) is 0 Å². The largest absolute Gasteiger partial charge is 0.290 e. The Balaban J connectivity index is 2.51. The quantitative estimate of drug-likeness (QED) is 0.482. The molecule has 0 aliphatic carbocycles. The van der Waals surface area contributed by atoms with Gasteiger partial charge in [-0.05, 0) is 45.1 Å². The Bertz CT molecular complexity index is 282. The van der Waals surface area contributed by atoms with E-state index in [0.717, 1.165) is 32.2 Å². The average molecular weight is 203 g/mol. The third-order valence-corrected chi connectivity index (χ3v) is 2.64. The average Bonchev–Trinajstić information content (AvgIpc) is 2.22. The number of rotatable bonds is 4. The molecule has 1 rings (SSSR count). The zero-order chi connectivity index (χ0) is 10.9. The number of nitrogens with zero attached hydrogens (tertiary/aromatic N) is 1. The van der Waals surface area contributed by atoms with Gasteiger partial charge in [-0.15, -0.1) is 6.58 Å². The van der Waals surface area contributed by atoms with Gasteiger partial charge >= 0.3 is 0 Å². The fraction of sp³-hybridized carbons (Fsp3) is 0.500. The Kier molecular flexibility index (Phi) is 5.76. The highest BCUT2D eigenvalue weighted by molar-refractivity contribution is 5.95. The van der Waals surface area contributed by atoms with Crippen molar-refractivity contribution in [1.82, 2.24) is 0 Å². The summed E-state index contributed by atoms with van der Waals surface area (Å²) in [6.07, 6.45) is 14.2. The SMILES string of the molecule is C=CCCCC1=N/CCCC(=C\C)/C=C\1. The first-order valence-corrected chi connectivity index (χ1v) is 5.84. The lowest BCUT2D eigenvalue weighted by atomic mass is 10.1. The van der Waals surface area contributed by atoms with E-state index in [2.05, 4.69) is 36.7 Å². The summed E-state index contributed by atoms with van der Waals surface area (Å²) in [6, 6.07) is 0. The van der Waals surface area contributed by atoms with Crippen molar-refractivity contribution < 1.29 is 0 Å². The first kappa shape index (κ1) is 12.0. The summed E-state index contributed by atoms with van der Waals surface area (Å²) >= 11 is 0. The van der Waals surface area contributed by atoms with E-state index in [4.69, 9.17) is 0 Å². The van der Waals surface area contributed by atoms with Crippen molar-refractivity contribution in [2.24, 2.45) is 4.99 Å². The molecule has 1 heteroatoms. The molecule has 0 saturated heterocycles. The molecular formula is C14H21N. The van der Waals surface area contributed by atoms with Crippen LogP contribution in [0.1, 0.15) is 39.0 Å². The van der Waals surface area contributed by atoms with Crippen LogP contribution >= 0.6 is 0 Å². The predicted octanol–water partition coefficient (Wildman–Crippen LogP) is 4.08. The number of hydrogen-bond acceptors (Lipinski definition) is 1. The van der Waals surface area contributed by atoms with E-state index in [1.807, 2.05) is 6.08 Å². The van der Waals surface area contributed by atoms with Crippen LogP contribution in [-0.4, -0.2) is 12.3 Å². The van der Waals surface area contributed by atoms with Crippen molar-refractivity contribution in [2.75, 3.05) is 6.54 Å². The van der Waals surface area contributed by atoms with E-state index < -0.39 is 0 Å². The van der Waals surface area contributed by atoms with Crippen LogP contribution in [0.15, 0.2) is 41.4 Å². The molecule has 0 amide bonds. The molecule has 0 aromatic carbocycles. The Morgan fingerprint density at radius 2 is 2.33 bits per heavy atom. The van der Waals surface area contributed by atoms with Gasteiger partial charge in [0.05, 0.1) is 0 Å². The molecular weight excluding hydrogens is 182 g/mol. The second-order valence-corrected chi connectivity index (χ2v) is 3.85. The van der Waals surface area contributed by atoms with Gasteiger partial charge in [-0.1, -0.05) is 23.8 Å². The van der Waals surface area contributed by atoms with Gasteiger partial charge in [0.15, 0.2) is 0 Å². The van der Waals surface area contributed by atoms with Crippen LogP contribution in [0.25, 0.3) is 0 Å². The van der Waals surface area contributed by atoms with Gasteiger partial charge in [0, 0.05) is 12.3 Å². The third kappa shape index (κ3) is 4.78. The fourth-order valence-corrected chi connectivity index (χ4v) is 1.68. The van der Waals surface area contributed by atoms with Crippen LogP contribution in [-0.2, 0) is 0 Å². The molecule has 0 N–H and O–H groups in total. The first-order valence-electron chi connectivity index (χ1n) is 5.84. The zero-order valence-electron chi connectivity index (χ0n) is 9.71. The van der Waals surface area contributed by atoms with E-state index in [1.165, 1.54) is 17.7 Å². The molecule has 0 fully saturated rings. The molecule has 0 saturated carbocycles. The van der Waals surface area contributed by atoms with Crippen LogP contribution in [0.5, 0.6) is 0 Å². The van der Waals surface area contributed by atoms with Crippen molar-refractivity contribution >= 4 is 5.71 Å². The molecule has 0 radical (unpaired) electrons. The molecule has 0 aromatic heterocycles. The van der Waals surface area contributed by atoms with Crippen LogP contribution in [0.3, 0.4) is 0 Å². The molecule has 0 aromatic rings. The molecule has 1 nitrogen and oxygen atoms in total. The number of aliphatic imine (C=N–C) groups is 1. The van der Waals surface area contributed by atoms with Crippen LogP contribution in [0.4, 0.5) is 0 Å². The minimum absolute atomic E-state index is 0.977. The summed E-state index contributed by atoms with van der Waals surface area (Å²) < 4.78 is 0. The monoisotopic (exact) mass is 203 g/mol. The zero-order valence-corrected chi connectivity index (χ0v) is 9.71. The highest BCUT2D eigenvalue weighted by Gasteiger charge is 2.00. The Morgan fingerprint density at radius 3 is 3.07 bits per heavy atom. The minimum atomic E-state index is 0.977. The van der Waals surface area contributed by atoms with Gasteiger partial charge in [-0.3, -0.25) is 4.99 Å². The fourth-order valence-electron chi connectivity index (χ4n) is 1.68. The van der Waals surface area contributed by atoms with Crippen LogP contribution in [0, 0.1) is 0 Å². The Labute approximate surface area is 93.3 Å². The summed E-state index contributed by atoms with van der Waals surface area (Å²) in [5.41, 5.74) is 2.68. The number of unbranched alkanes of at least 4 members (excludes halogenated alkanes) is 1. The summed E-state index contributed by atoms with van der Waals surface area (Å²) in [7, 11) is 0. The van der Waals surface area contributed by atoms with Gasteiger partial charge in [0.2, 0.25) is 0 Å². The molecule has 0 unspecified atom stereocenters. The van der Waals surface area contributed by atoms with Crippen molar-refractivity contribution in [3.05, 3.63) is 36.5 Å². The van der Waals surface area contributed by atoms with E-state index in [-0.39, 0.29) is 0 Å². The molecule has 0 atom stereocenters. The molecule has 0 bridgehead atoms. The smallest absolute Gasteiger partial charge is 0.0395 e. The van der Waals surface area contributed by atoms with Gasteiger partial charge < -0.3 is 0 Å². The Hall–Kier alpha value is -1.11. The third-order valence-electron chi connectivity index (χ3n) is 2.64. The lowest BCUT2D eigenvalue weighted by molar-refractivity contribution is 0.819. The van der Waals surface area contributed by atoms with E-state index in [1.54, 1.807) is 0 Å². The maximum Gasteiger partial charge on any atom is 0.0395 e. The highest BCUT2D eigenvalue weighted by atomic mass is 14.7. The molecule has 15 heavy (non-hydrogen) atoms. The lowest BCUT2D eigenvalue weighted by Crippen LogP contribution is -1.99. The number of hydrogen-bond donors (Lipinski definition) is 0. The minimum Gasteiger partial charge on any atom is -0.290 e. The van der Waals surface area contributed by atoms with Crippen LogP contribution in [0.2, 0.25) is 0 Å². The summed E-state index contributed by atoms with van der Waals surface area (Å²) in [5, 5.41) is 0. The molecule has 1 heterocycles. The number of allylic oxidation sites excluding steroid dienone is 5. The summed E-state index contributed by atoms with van der Waals surface area (Å²) in [4.78, 5) is 4.59. The molecule has 0 spiro atoms. The summed E-state index contributed by atoms with van der Waals surface area (Å²) in [5.74, 6) is 0. The molecule has 1 aliphatic heterocycles. The Morgan fingerprint density at radius 1 is 1.47 bits per heavy atom. The molecule has 82 valence electrons. The maximum atomic E-state index is 4.59. The van der Waals surface area contributed by atoms with Gasteiger partial charge in [0.25, 0.3) is 0 Å². The van der Waals surface area contributed by atoms with Crippen LogP contribution < -0.4 is 0 Å². The highest BCUT2D eigenvalue weighted by Crippen LogP contribution is 2.11. The van der Waals surface area contributed by atoms with Gasteiger partial charge in [0.1, 0.15) is 0 Å². The topological polar surface area (TPSA) is 12.4 Å². The predicted molar refractivity (Wildman–Crippen MR) is 68.5 cm³/mol. The second-order valence-electron chi connectivity index (χ2n) is 3.85. The van der Waals surface area contributed by atoms with Crippen molar-refractivity contribution in [3.8, 4) is 0 Å². The van der Waals surface area contributed by atoms with Crippen molar-refractivity contribution in [3.63, 3.8) is 0 Å². The lowest BCUT2D eigenvalue weighted by Gasteiger charge is -2.07. The van der Waals surface area contributed by atoms with Crippen molar-refractivity contribution in [2.45, 2.75) is 39.0 Å². The second kappa shape index (κ2) is 7.22. The summed E-state index contributed by atoms with van der Waals surface area (Å²) in [6.45, 7) is 6.82. The van der Waals surface area contributed by atoms with E-state index in [9.17, 15) is 0 Å². The molecule has 1 aliphatic rings. The normalized spacial score (nSPS) is 25.1. The van der Waals surface area contributed by atoms with E-state index in [0.29, 0.717) is 0 Å². The van der Waals surface area contributed by atoms with E-state index >= 15 is 0 Å².